The average molecular weight is 274 g/mol. The Labute approximate surface area is 122 Å². The third-order valence-corrected chi connectivity index (χ3v) is 5.26. The second-order valence-corrected chi connectivity index (χ2v) is 6.95. The molecule has 0 amide bonds. The minimum absolute atomic E-state index is 0.189. The van der Waals surface area contributed by atoms with Crippen molar-refractivity contribution in [3.8, 4) is 0 Å². The number of likely N-dealkylation sites (N-methyl/N-ethyl adjacent to an activating group) is 1. The molecule has 0 aromatic heterocycles. The van der Waals surface area contributed by atoms with Crippen LogP contribution in [0.5, 0.6) is 0 Å². The Bertz CT molecular complexity index is 486. The van der Waals surface area contributed by atoms with Crippen molar-refractivity contribution in [1.82, 2.24) is 9.80 Å². The molecule has 1 aromatic rings. The zero-order chi connectivity index (χ0) is 14.3. The summed E-state index contributed by atoms with van der Waals surface area (Å²) in [5, 5.41) is 10.8. The molecule has 0 bridgehead atoms. The van der Waals surface area contributed by atoms with E-state index in [0.717, 1.165) is 38.0 Å². The molecule has 1 saturated heterocycles. The van der Waals surface area contributed by atoms with Gasteiger partial charge in [-0.1, -0.05) is 24.3 Å². The number of aliphatic hydroxyl groups is 1. The van der Waals surface area contributed by atoms with Crippen molar-refractivity contribution in [3.05, 3.63) is 35.4 Å². The van der Waals surface area contributed by atoms with Crippen LogP contribution in [0.3, 0.4) is 0 Å². The maximum absolute atomic E-state index is 10.8. The molecule has 1 fully saturated rings. The Morgan fingerprint density at radius 2 is 1.95 bits per heavy atom. The molecule has 0 spiro atoms. The largest absolute Gasteiger partial charge is 0.387 e. The highest BCUT2D eigenvalue weighted by atomic mass is 16.3. The van der Waals surface area contributed by atoms with Crippen LogP contribution in [0.4, 0.5) is 0 Å². The molecular formula is C17H26N2O. The molecule has 1 aromatic carbocycles. The molecule has 1 aliphatic carbocycles. The maximum atomic E-state index is 10.8. The van der Waals surface area contributed by atoms with E-state index < -0.39 is 0 Å². The first-order valence-electron chi connectivity index (χ1n) is 7.70. The Kier molecular flexibility index (Phi) is 3.61. The lowest BCUT2D eigenvalue weighted by Crippen LogP contribution is -2.61. The van der Waals surface area contributed by atoms with E-state index >= 15 is 0 Å². The van der Waals surface area contributed by atoms with Crippen LogP contribution in [0.15, 0.2) is 24.3 Å². The van der Waals surface area contributed by atoms with Crippen molar-refractivity contribution in [2.24, 2.45) is 0 Å². The molecule has 110 valence electrons. The summed E-state index contributed by atoms with van der Waals surface area (Å²) in [6.07, 6.45) is 1.82. The van der Waals surface area contributed by atoms with Gasteiger partial charge < -0.3 is 5.11 Å². The van der Waals surface area contributed by atoms with Gasteiger partial charge in [0.25, 0.3) is 0 Å². The van der Waals surface area contributed by atoms with E-state index in [2.05, 4.69) is 48.9 Å². The molecule has 3 heteroatoms. The van der Waals surface area contributed by atoms with Gasteiger partial charge in [0.2, 0.25) is 0 Å². The van der Waals surface area contributed by atoms with Crippen LogP contribution in [0.2, 0.25) is 0 Å². The van der Waals surface area contributed by atoms with Gasteiger partial charge in [0.05, 0.1) is 6.10 Å². The predicted molar refractivity (Wildman–Crippen MR) is 81.8 cm³/mol. The molecule has 2 aliphatic rings. The first-order chi connectivity index (χ1) is 9.49. The van der Waals surface area contributed by atoms with Crippen LogP contribution < -0.4 is 0 Å². The van der Waals surface area contributed by atoms with E-state index in [4.69, 9.17) is 0 Å². The van der Waals surface area contributed by atoms with Gasteiger partial charge in [0.1, 0.15) is 0 Å². The maximum Gasteiger partial charge on any atom is 0.0947 e. The van der Waals surface area contributed by atoms with E-state index in [-0.39, 0.29) is 17.7 Å². The highest BCUT2D eigenvalue weighted by molar-refractivity contribution is 5.32. The van der Waals surface area contributed by atoms with Crippen molar-refractivity contribution in [3.63, 3.8) is 0 Å². The normalized spacial score (nSPS) is 31.0. The Balaban J connectivity index is 1.79. The van der Waals surface area contributed by atoms with Gasteiger partial charge in [0, 0.05) is 31.2 Å². The van der Waals surface area contributed by atoms with Crippen molar-refractivity contribution < 1.29 is 5.11 Å². The summed E-state index contributed by atoms with van der Waals surface area (Å²) in [4.78, 5) is 4.92. The smallest absolute Gasteiger partial charge is 0.0947 e. The van der Waals surface area contributed by atoms with Gasteiger partial charge in [-0.3, -0.25) is 9.80 Å². The molecule has 0 saturated carbocycles. The number of rotatable bonds is 1. The Morgan fingerprint density at radius 1 is 1.20 bits per heavy atom. The molecule has 0 radical (unpaired) electrons. The summed E-state index contributed by atoms with van der Waals surface area (Å²) in [6.45, 7) is 7.76. The van der Waals surface area contributed by atoms with Crippen LogP contribution in [0, 0.1) is 0 Å². The van der Waals surface area contributed by atoms with Crippen LogP contribution in [-0.2, 0) is 6.42 Å². The standard InChI is InChI=1S/C17H26N2O/c1-17(2)12-19(11-10-18(17)3)15-9-8-13-6-4-5-7-14(13)16(15)20/h4-7,15-16,20H,8-12H2,1-3H3. The summed E-state index contributed by atoms with van der Waals surface area (Å²) >= 11 is 0. The fourth-order valence-electron chi connectivity index (χ4n) is 3.66. The molecule has 1 N–H and O–H groups in total. The van der Waals surface area contributed by atoms with Crippen LogP contribution in [-0.4, -0.2) is 53.2 Å². The highest BCUT2D eigenvalue weighted by Gasteiger charge is 2.38. The second-order valence-electron chi connectivity index (χ2n) is 6.95. The molecule has 1 aliphatic heterocycles. The minimum Gasteiger partial charge on any atom is -0.387 e. The first-order valence-corrected chi connectivity index (χ1v) is 7.70. The number of aryl methyl sites for hydroxylation is 1. The molecule has 20 heavy (non-hydrogen) atoms. The van der Waals surface area contributed by atoms with Gasteiger partial charge in [-0.15, -0.1) is 0 Å². The number of benzene rings is 1. The zero-order valence-corrected chi connectivity index (χ0v) is 12.8. The molecular weight excluding hydrogens is 248 g/mol. The van der Waals surface area contributed by atoms with E-state index in [1.54, 1.807) is 0 Å². The lowest BCUT2D eigenvalue weighted by atomic mass is 9.84. The highest BCUT2D eigenvalue weighted by Crippen LogP contribution is 2.34. The number of fused-ring (bicyclic) bond motifs is 1. The third-order valence-electron chi connectivity index (χ3n) is 5.26. The van der Waals surface area contributed by atoms with Crippen LogP contribution in [0.25, 0.3) is 0 Å². The van der Waals surface area contributed by atoms with Crippen LogP contribution in [0.1, 0.15) is 37.5 Å². The van der Waals surface area contributed by atoms with Gasteiger partial charge in [-0.25, -0.2) is 0 Å². The quantitative estimate of drug-likeness (QED) is 0.849. The average Bonchev–Trinajstić information content (AvgIpc) is 2.43. The lowest BCUT2D eigenvalue weighted by molar-refractivity contribution is -0.0307. The number of aliphatic hydroxyl groups excluding tert-OH is 1. The van der Waals surface area contributed by atoms with Crippen molar-refractivity contribution >= 4 is 0 Å². The van der Waals surface area contributed by atoms with Crippen molar-refractivity contribution in [2.75, 3.05) is 26.7 Å². The molecule has 3 nitrogen and oxygen atoms in total. The fraction of sp³-hybridized carbons (Fsp3) is 0.647. The molecule has 2 atom stereocenters. The van der Waals surface area contributed by atoms with E-state index in [1.165, 1.54) is 5.56 Å². The number of piperazine rings is 1. The van der Waals surface area contributed by atoms with E-state index in [9.17, 15) is 5.11 Å². The topological polar surface area (TPSA) is 26.7 Å². The monoisotopic (exact) mass is 274 g/mol. The number of hydrogen-bond donors (Lipinski definition) is 1. The summed E-state index contributed by atoms with van der Waals surface area (Å²) in [7, 11) is 2.20. The fourth-order valence-corrected chi connectivity index (χ4v) is 3.66. The van der Waals surface area contributed by atoms with E-state index in [0.29, 0.717) is 0 Å². The first kappa shape index (κ1) is 14.1. The predicted octanol–water partition coefficient (Wildman–Crippen LogP) is 2.06. The van der Waals surface area contributed by atoms with Crippen LogP contribution >= 0.6 is 0 Å². The number of hydrogen-bond acceptors (Lipinski definition) is 3. The van der Waals surface area contributed by atoms with Crippen molar-refractivity contribution in [1.29, 1.82) is 0 Å². The Morgan fingerprint density at radius 3 is 2.70 bits per heavy atom. The van der Waals surface area contributed by atoms with E-state index in [1.807, 2.05) is 6.07 Å². The third kappa shape index (κ3) is 2.39. The van der Waals surface area contributed by atoms with Crippen molar-refractivity contribution in [2.45, 2.75) is 44.4 Å². The summed E-state index contributed by atoms with van der Waals surface area (Å²) < 4.78 is 0. The summed E-state index contributed by atoms with van der Waals surface area (Å²) in [5.41, 5.74) is 2.65. The second kappa shape index (κ2) is 5.14. The van der Waals surface area contributed by atoms with Gasteiger partial charge >= 0.3 is 0 Å². The van der Waals surface area contributed by atoms with Gasteiger partial charge in [-0.05, 0) is 44.9 Å². The Hall–Kier alpha value is -0.900. The molecule has 3 rings (SSSR count). The van der Waals surface area contributed by atoms with Gasteiger partial charge in [-0.2, -0.15) is 0 Å². The summed E-state index contributed by atoms with van der Waals surface area (Å²) in [6, 6.07) is 8.64. The van der Waals surface area contributed by atoms with Gasteiger partial charge in [0.15, 0.2) is 0 Å². The molecule has 1 heterocycles. The zero-order valence-electron chi connectivity index (χ0n) is 12.8. The molecule has 2 unspecified atom stereocenters. The lowest BCUT2D eigenvalue weighted by Gasteiger charge is -2.49. The number of nitrogens with zero attached hydrogens (tertiary/aromatic N) is 2. The minimum atomic E-state index is -0.334. The SMILES string of the molecule is CN1CCN(C2CCc3ccccc3C2O)CC1(C)C. The summed E-state index contributed by atoms with van der Waals surface area (Å²) in [5.74, 6) is 0.